The fourth-order valence-electron chi connectivity index (χ4n) is 1.79. The van der Waals surface area contributed by atoms with Gasteiger partial charge in [-0.15, -0.1) is 0 Å². The number of carbonyl (C=O) groups is 1. The van der Waals surface area contributed by atoms with Crippen LogP contribution in [-0.4, -0.2) is 53.0 Å². The Morgan fingerprint density at radius 2 is 2.32 bits per heavy atom. The van der Waals surface area contributed by atoms with Gasteiger partial charge in [0.15, 0.2) is 5.82 Å². The van der Waals surface area contributed by atoms with Gasteiger partial charge in [-0.1, -0.05) is 0 Å². The van der Waals surface area contributed by atoms with Crippen LogP contribution in [0.15, 0.2) is 29.1 Å². The van der Waals surface area contributed by atoms with Gasteiger partial charge in [-0.3, -0.25) is 10.00 Å². The van der Waals surface area contributed by atoms with Crippen molar-refractivity contribution in [1.82, 2.24) is 20.0 Å². The lowest BCUT2D eigenvalue weighted by molar-refractivity contribution is 0.175. The van der Waals surface area contributed by atoms with E-state index < -0.39 is 6.10 Å². The van der Waals surface area contributed by atoms with E-state index in [1.165, 1.54) is 11.3 Å². The van der Waals surface area contributed by atoms with E-state index in [9.17, 15) is 9.90 Å². The van der Waals surface area contributed by atoms with E-state index in [-0.39, 0.29) is 12.6 Å². The highest BCUT2D eigenvalue weighted by molar-refractivity contribution is 7.07. The maximum Gasteiger partial charge on any atom is 0.320 e. The van der Waals surface area contributed by atoms with E-state index in [0.29, 0.717) is 5.82 Å². The number of aliphatic hydroxyl groups excluding tert-OH is 1. The monoisotopic (exact) mass is 323 g/mol. The van der Waals surface area contributed by atoms with Crippen LogP contribution in [0.2, 0.25) is 0 Å². The average molecular weight is 323 g/mol. The Kier molecular flexibility index (Phi) is 5.93. The first-order valence-electron chi connectivity index (χ1n) is 6.98. The molecule has 22 heavy (non-hydrogen) atoms. The van der Waals surface area contributed by atoms with Crippen molar-refractivity contribution >= 4 is 23.2 Å². The normalized spacial score (nSPS) is 12.4. The first-order valence-corrected chi connectivity index (χ1v) is 7.92. The van der Waals surface area contributed by atoms with E-state index in [0.717, 1.165) is 18.7 Å². The second-order valence-corrected chi connectivity index (χ2v) is 5.95. The van der Waals surface area contributed by atoms with Gasteiger partial charge in [0.2, 0.25) is 0 Å². The van der Waals surface area contributed by atoms with Crippen LogP contribution in [0.25, 0.3) is 0 Å². The number of urea groups is 1. The number of nitrogens with zero attached hydrogens (tertiary/aromatic N) is 3. The van der Waals surface area contributed by atoms with Crippen molar-refractivity contribution in [3.63, 3.8) is 0 Å². The van der Waals surface area contributed by atoms with Gasteiger partial charge >= 0.3 is 6.03 Å². The third-order valence-electron chi connectivity index (χ3n) is 3.04. The Bertz CT molecular complexity index is 582. The lowest BCUT2D eigenvalue weighted by atomic mass is 10.2. The number of amides is 2. The summed E-state index contributed by atoms with van der Waals surface area (Å²) in [5, 5.41) is 23.2. The largest absolute Gasteiger partial charge is 0.387 e. The average Bonchev–Trinajstić information content (AvgIpc) is 3.14. The summed E-state index contributed by atoms with van der Waals surface area (Å²) in [6.07, 6.45) is 1.12. The van der Waals surface area contributed by atoms with Gasteiger partial charge in [-0.2, -0.15) is 16.4 Å². The highest BCUT2D eigenvalue weighted by atomic mass is 32.1. The molecular weight excluding hydrogens is 302 g/mol. The molecule has 7 nitrogen and oxygen atoms in total. The van der Waals surface area contributed by atoms with E-state index in [1.807, 2.05) is 37.1 Å². The molecule has 3 N–H and O–H groups in total. The molecule has 0 spiro atoms. The van der Waals surface area contributed by atoms with Crippen LogP contribution in [0.3, 0.4) is 0 Å². The first-order chi connectivity index (χ1) is 10.5. The first kappa shape index (κ1) is 16.5. The predicted octanol–water partition coefficient (Wildman–Crippen LogP) is 1.36. The van der Waals surface area contributed by atoms with E-state index in [2.05, 4.69) is 20.6 Å². The second kappa shape index (κ2) is 7.92. The van der Waals surface area contributed by atoms with Crippen molar-refractivity contribution < 1.29 is 9.90 Å². The summed E-state index contributed by atoms with van der Waals surface area (Å²) < 4.78 is 1.77. The van der Waals surface area contributed by atoms with Crippen LogP contribution in [0, 0.1) is 0 Å². The van der Waals surface area contributed by atoms with E-state index in [4.69, 9.17) is 0 Å². The molecule has 2 amide bonds. The van der Waals surface area contributed by atoms with Gasteiger partial charge < -0.3 is 15.3 Å². The third-order valence-corrected chi connectivity index (χ3v) is 3.74. The summed E-state index contributed by atoms with van der Waals surface area (Å²) in [7, 11) is 3.99. The number of nitrogens with one attached hydrogen (secondary N) is 2. The highest BCUT2D eigenvalue weighted by Crippen LogP contribution is 2.15. The SMILES string of the molecule is CN(C)CCn1ccc(NC(=O)NC[C@@H](O)c2ccsc2)n1. The number of anilines is 1. The second-order valence-electron chi connectivity index (χ2n) is 5.17. The quantitative estimate of drug-likeness (QED) is 0.718. The Labute approximate surface area is 133 Å². The van der Waals surface area contributed by atoms with Gasteiger partial charge in [0.25, 0.3) is 0 Å². The zero-order valence-corrected chi connectivity index (χ0v) is 13.5. The Hall–Kier alpha value is -1.90. The number of likely N-dealkylation sites (N-methyl/N-ethyl adjacent to an activating group) is 1. The minimum Gasteiger partial charge on any atom is -0.387 e. The lowest BCUT2D eigenvalue weighted by Gasteiger charge is -2.11. The minimum atomic E-state index is -0.699. The molecule has 120 valence electrons. The Morgan fingerprint density at radius 3 is 3.00 bits per heavy atom. The number of aliphatic hydroxyl groups is 1. The van der Waals surface area contributed by atoms with Gasteiger partial charge in [0, 0.05) is 25.4 Å². The van der Waals surface area contributed by atoms with Crippen LogP contribution in [0.4, 0.5) is 10.6 Å². The van der Waals surface area contributed by atoms with Crippen LogP contribution in [0.5, 0.6) is 0 Å². The van der Waals surface area contributed by atoms with Crippen LogP contribution in [0.1, 0.15) is 11.7 Å². The summed E-state index contributed by atoms with van der Waals surface area (Å²) >= 11 is 1.51. The maximum atomic E-state index is 11.8. The minimum absolute atomic E-state index is 0.157. The van der Waals surface area contributed by atoms with Gasteiger partial charge in [0.1, 0.15) is 0 Å². The van der Waals surface area contributed by atoms with Gasteiger partial charge in [-0.05, 0) is 36.5 Å². The number of rotatable bonds is 7. The van der Waals surface area contributed by atoms with Gasteiger partial charge in [-0.25, -0.2) is 4.79 Å². The Morgan fingerprint density at radius 1 is 1.50 bits per heavy atom. The number of aromatic nitrogens is 2. The fraction of sp³-hybridized carbons (Fsp3) is 0.429. The fourth-order valence-corrected chi connectivity index (χ4v) is 2.49. The zero-order chi connectivity index (χ0) is 15.9. The standard InChI is InChI=1S/C14H21N5O2S/c1-18(2)6-7-19-5-3-13(17-19)16-14(21)15-9-12(20)11-4-8-22-10-11/h3-5,8,10,12,20H,6-7,9H2,1-2H3,(H2,15,16,17,21)/t12-/m1/s1. The highest BCUT2D eigenvalue weighted by Gasteiger charge is 2.10. The molecule has 2 aromatic heterocycles. The van der Waals surface area contributed by atoms with E-state index >= 15 is 0 Å². The molecule has 0 unspecified atom stereocenters. The summed E-state index contributed by atoms with van der Waals surface area (Å²) in [5.41, 5.74) is 0.804. The summed E-state index contributed by atoms with van der Waals surface area (Å²) in [4.78, 5) is 13.8. The molecule has 0 aliphatic heterocycles. The molecule has 1 atom stereocenters. The molecule has 0 bridgehead atoms. The molecule has 0 fully saturated rings. The molecule has 0 saturated carbocycles. The van der Waals surface area contributed by atoms with Crippen molar-refractivity contribution in [3.05, 3.63) is 34.7 Å². The number of hydrogen-bond donors (Lipinski definition) is 3. The smallest absolute Gasteiger partial charge is 0.320 e. The summed E-state index contributed by atoms with van der Waals surface area (Å²) in [5.74, 6) is 0.487. The lowest BCUT2D eigenvalue weighted by Crippen LogP contribution is -2.32. The molecule has 2 heterocycles. The third kappa shape index (κ3) is 5.14. The van der Waals surface area contributed by atoms with Crippen molar-refractivity contribution in [1.29, 1.82) is 0 Å². The van der Waals surface area contributed by atoms with E-state index in [1.54, 1.807) is 10.7 Å². The number of hydrogen-bond acceptors (Lipinski definition) is 5. The van der Waals surface area contributed by atoms with Crippen molar-refractivity contribution in [2.45, 2.75) is 12.6 Å². The van der Waals surface area contributed by atoms with Crippen molar-refractivity contribution in [3.8, 4) is 0 Å². The molecule has 0 saturated heterocycles. The molecule has 0 aliphatic rings. The van der Waals surface area contributed by atoms with Gasteiger partial charge in [0.05, 0.1) is 12.6 Å². The molecule has 2 rings (SSSR count). The molecule has 8 heteroatoms. The zero-order valence-electron chi connectivity index (χ0n) is 12.7. The number of carbonyl (C=O) groups excluding carboxylic acids is 1. The van der Waals surface area contributed by atoms with Crippen molar-refractivity contribution in [2.75, 3.05) is 32.5 Å². The summed E-state index contributed by atoms with van der Waals surface area (Å²) in [6, 6.07) is 3.19. The molecular formula is C14H21N5O2S. The van der Waals surface area contributed by atoms with Crippen LogP contribution in [-0.2, 0) is 6.54 Å². The number of thiophene rings is 1. The molecule has 2 aromatic rings. The maximum absolute atomic E-state index is 11.8. The summed E-state index contributed by atoms with van der Waals surface area (Å²) in [6.45, 7) is 1.79. The Balaban J connectivity index is 1.75. The van der Waals surface area contributed by atoms with Crippen molar-refractivity contribution in [2.24, 2.45) is 0 Å². The van der Waals surface area contributed by atoms with Crippen LogP contribution >= 0.6 is 11.3 Å². The predicted molar refractivity (Wildman–Crippen MR) is 87.1 cm³/mol. The topological polar surface area (TPSA) is 82.4 Å². The molecule has 0 aliphatic carbocycles. The molecule has 0 aromatic carbocycles. The van der Waals surface area contributed by atoms with Crippen LogP contribution < -0.4 is 10.6 Å². The molecule has 0 radical (unpaired) electrons.